The number of likely N-dealkylation sites (tertiary alicyclic amines) is 1. The van der Waals surface area contributed by atoms with Crippen molar-refractivity contribution in [2.45, 2.75) is 37.3 Å². The lowest BCUT2D eigenvalue weighted by Gasteiger charge is -2.38. The number of β-amino-alcohol motifs (C(OH)–C–C–N with tert-alkyl or cyclic N) is 1. The maximum absolute atomic E-state index is 10.6. The average Bonchev–Trinajstić information content (AvgIpc) is 2.65. The SMILES string of the molecule is CN(C)CC1CCCN1CC1(O)CCNCC1. The van der Waals surface area contributed by atoms with Crippen LogP contribution in [0.3, 0.4) is 0 Å². The Balaban J connectivity index is 1.88. The summed E-state index contributed by atoms with van der Waals surface area (Å²) in [4.78, 5) is 4.76. The summed E-state index contributed by atoms with van der Waals surface area (Å²) in [6.45, 7) is 5.07. The van der Waals surface area contributed by atoms with Crippen LogP contribution in [0.25, 0.3) is 0 Å². The fraction of sp³-hybridized carbons (Fsp3) is 1.00. The monoisotopic (exact) mass is 241 g/mol. The summed E-state index contributed by atoms with van der Waals surface area (Å²) in [6.07, 6.45) is 4.37. The van der Waals surface area contributed by atoms with E-state index in [0.29, 0.717) is 6.04 Å². The molecule has 0 bridgehead atoms. The van der Waals surface area contributed by atoms with E-state index in [1.54, 1.807) is 0 Å². The fourth-order valence-electron chi connectivity index (χ4n) is 3.16. The predicted octanol–water partition coefficient (Wildman–Crippen LogP) is 0.127. The maximum Gasteiger partial charge on any atom is 0.0798 e. The highest BCUT2D eigenvalue weighted by Crippen LogP contribution is 2.25. The summed E-state index contributed by atoms with van der Waals surface area (Å²) in [7, 11) is 4.27. The Hall–Kier alpha value is -0.160. The molecule has 2 fully saturated rings. The van der Waals surface area contributed by atoms with Crippen LogP contribution >= 0.6 is 0 Å². The first-order valence-electron chi connectivity index (χ1n) is 6.91. The lowest BCUT2D eigenvalue weighted by molar-refractivity contribution is -0.0253. The van der Waals surface area contributed by atoms with E-state index >= 15 is 0 Å². The van der Waals surface area contributed by atoms with Crippen molar-refractivity contribution >= 4 is 0 Å². The molecule has 0 aliphatic carbocycles. The number of hydrogen-bond acceptors (Lipinski definition) is 4. The number of nitrogens with zero attached hydrogens (tertiary/aromatic N) is 2. The van der Waals surface area contributed by atoms with E-state index in [-0.39, 0.29) is 0 Å². The van der Waals surface area contributed by atoms with Gasteiger partial charge in [0.1, 0.15) is 0 Å². The van der Waals surface area contributed by atoms with E-state index in [4.69, 9.17) is 0 Å². The van der Waals surface area contributed by atoms with E-state index < -0.39 is 5.60 Å². The number of aliphatic hydroxyl groups is 1. The standard InChI is InChI=1S/C13H27N3O/c1-15(2)10-12-4-3-9-16(12)11-13(17)5-7-14-8-6-13/h12,14,17H,3-11H2,1-2H3. The molecular formula is C13H27N3O. The van der Waals surface area contributed by atoms with Crippen LogP contribution in [0, 0.1) is 0 Å². The van der Waals surface area contributed by atoms with Crippen molar-refractivity contribution in [1.29, 1.82) is 0 Å². The van der Waals surface area contributed by atoms with Gasteiger partial charge in [-0.15, -0.1) is 0 Å². The Morgan fingerprint density at radius 1 is 1.35 bits per heavy atom. The van der Waals surface area contributed by atoms with Gasteiger partial charge in [0, 0.05) is 19.1 Å². The zero-order chi connectivity index (χ0) is 12.3. The van der Waals surface area contributed by atoms with E-state index in [1.165, 1.54) is 12.8 Å². The normalized spacial score (nSPS) is 30.0. The van der Waals surface area contributed by atoms with Crippen molar-refractivity contribution in [3.05, 3.63) is 0 Å². The third-order valence-corrected chi connectivity index (χ3v) is 4.11. The molecule has 2 saturated heterocycles. The summed E-state index contributed by atoms with van der Waals surface area (Å²) in [6, 6.07) is 0.643. The first kappa shape index (κ1) is 13.3. The van der Waals surface area contributed by atoms with Crippen LogP contribution in [-0.4, -0.2) is 73.4 Å². The Labute approximate surface area is 105 Å². The van der Waals surface area contributed by atoms with Gasteiger partial charge in [-0.2, -0.15) is 0 Å². The molecule has 0 saturated carbocycles. The first-order valence-corrected chi connectivity index (χ1v) is 6.91. The summed E-state index contributed by atoms with van der Waals surface area (Å²) < 4.78 is 0. The highest BCUT2D eigenvalue weighted by Gasteiger charge is 2.35. The number of piperidine rings is 1. The molecule has 2 aliphatic heterocycles. The lowest BCUT2D eigenvalue weighted by atomic mass is 9.91. The first-order chi connectivity index (χ1) is 8.09. The topological polar surface area (TPSA) is 38.7 Å². The number of nitrogens with one attached hydrogen (secondary N) is 1. The molecule has 4 heteroatoms. The van der Waals surface area contributed by atoms with Gasteiger partial charge in [-0.3, -0.25) is 4.90 Å². The van der Waals surface area contributed by atoms with Gasteiger partial charge < -0.3 is 15.3 Å². The summed E-state index contributed by atoms with van der Waals surface area (Å²) >= 11 is 0. The van der Waals surface area contributed by atoms with Crippen LogP contribution in [-0.2, 0) is 0 Å². The zero-order valence-corrected chi connectivity index (χ0v) is 11.3. The number of rotatable bonds is 4. The van der Waals surface area contributed by atoms with Crippen LogP contribution in [0.15, 0.2) is 0 Å². The molecule has 1 atom stereocenters. The minimum absolute atomic E-state index is 0.444. The maximum atomic E-state index is 10.6. The average molecular weight is 241 g/mol. The Kier molecular flexibility index (Phi) is 4.42. The summed E-state index contributed by atoms with van der Waals surface area (Å²) in [5, 5.41) is 13.9. The van der Waals surface area contributed by atoms with Crippen molar-refractivity contribution in [1.82, 2.24) is 15.1 Å². The smallest absolute Gasteiger partial charge is 0.0798 e. The van der Waals surface area contributed by atoms with Crippen molar-refractivity contribution in [3.63, 3.8) is 0 Å². The van der Waals surface area contributed by atoms with Gasteiger partial charge in [-0.25, -0.2) is 0 Å². The highest BCUT2D eigenvalue weighted by molar-refractivity contribution is 4.91. The minimum atomic E-state index is -0.444. The molecule has 4 nitrogen and oxygen atoms in total. The Morgan fingerprint density at radius 2 is 2.06 bits per heavy atom. The second kappa shape index (κ2) is 5.65. The lowest BCUT2D eigenvalue weighted by Crippen LogP contribution is -2.52. The third-order valence-electron chi connectivity index (χ3n) is 4.11. The van der Waals surface area contributed by atoms with Crippen molar-refractivity contribution in [3.8, 4) is 0 Å². The van der Waals surface area contributed by atoms with Gasteiger partial charge in [0.05, 0.1) is 5.60 Å². The molecule has 0 aromatic rings. The van der Waals surface area contributed by atoms with Gasteiger partial charge in [0.15, 0.2) is 0 Å². The highest BCUT2D eigenvalue weighted by atomic mass is 16.3. The molecule has 0 amide bonds. The molecule has 0 aromatic carbocycles. The van der Waals surface area contributed by atoms with Gasteiger partial charge in [0.25, 0.3) is 0 Å². The van der Waals surface area contributed by atoms with E-state index in [0.717, 1.165) is 45.6 Å². The van der Waals surface area contributed by atoms with Crippen LogP contribution < -0.4 is 5.32 Å². The quantitative estimate of drug-likeness (QED) is 0.734. The van der Waals surface area contributed by atoms with E-state index in [1.807, 2.05) is 0 Å². The Morgan fingerprint density at radius 3 is 2.71 bits per heavy atom. The van der Waals surface area contributed by atoms with Gasteiger partial charge >= 0.3 is 0 Å². The van der Waals surface area contributed by atoms with Gasteiger partial charge in [-0.05, 0) is 59.4 Å². The summed E-state index contributed by atoms with van der Waals surface area (Å²) in [5.41, 5.74) is -0.444. The van der Waals surface area contributed by atoms with Crippen molar-refractivity contribution in [2.75, 3.05) is 46.8 Å². The van der Waals surface area contributed by atoms with Crippen molar-refractivity contribution in [2.24, 2.45) is 0 Å². The second-order valence-corrected chi connectivity index (χ2v) is 6.00. The molecular weight excluding hydrogens is 214 g/mol. The molecule has 1 unspecified atom stereocenters. The molecule has 2 aliphatic rings. The van der Waals surface area contributed by atoms with Crippen LogP contribution in [0.5, 0.6) is 0 Å². The van der Waals surface area contributed by atoms with Crippen LogP contribution in [0.4, 0.5) is 0 Å². The van der Waals surface area contributed by atoms with Crippen LogP contribution in [0.2, 0.25) is 0 Å². The van der Waals surface area contributed by atoms with Crippen molar-refractivity contribution < 1.29 is 5.11 Å². The van der Waals surface area contributed by atoms with E-state index in [2.05, 4.69) is 29.2 Å². The molecule has 2 rings (SSSR count). The predicted molar refractivity (Wildman–Crippen MR) is 70.2 cm³/mol. The largest absolute Gasteiger partial charge is 0.388 e. The second-order valence-electron chi connectivity index (χ2n) is 6.00. The number of likely N-dealkylation sites (N-methyl/N-ethyl adjacent to an activating group) is 1. The minimum Gasteiger partial charge on any atom is -0.388 e. The van der Waals surface area contributed by atoms with E-state index in [9.17, 15) is 5.11 Å². The van der Waals surface area contributed by atoms with Crippen LogP contribution in [0.1, 0.15) is 25.7 Å². The third kappa shape index (κ3) is 3.65. The molecule has 0 spiro atoms. The summed E-state index contributed by atoms with van der Waals surface area (Å²) in [5.74, 6) is 0. The molecule has 100 valence electrons. The molecule has 17 heavy (non-hydrogen) atoms. The molecule has 2 heterocycles. The molecule has 0 radical (unpaired) electrons. The molecule has 2 N–H and O–H groups in total. The number of hydrogen-bond donors (Lipinski definition) is 2. The van der Waals surface area contributed by atoms with Gasteiger partial charge in [0.2, 0.25) is 0 Å². The Bertz CT molecular complexity index is 239. The molecule has 0 aromatic heterocycles. The van der Waals surface area contributed by atoms with Gasteiger partial charge in [-0.1, -0.05) is 0 Å². The fourth-order valence-corrected chi connectivity index (χ4v) is 3.16. The zero-order valence-electron chi connectivity index (χ0n) is 11.3.